The number of halogens is 8. The van der Waals surface area contributed by atoms with Crippen molar-refractivity contribution < 1.29 is 55.3 Å². The average Bonchev–Trinajstić information content (AvgIpc) is 3.22. The van der Waals surface area contributed by atoms with Crippen molar-refractivity contribution in [2.24, 2.45) is 0 Å². The highest BCUT2D eigenvalue weighted by atomic mass is 35.5. The predicted octanol–water partition coefficient (Wildman–Crippen LogP) is 5.20. The third-order valence-electron chi connectivity index (χ3n) is 6.48. The minimum absolute atomic E-state index is 0.0288. The fourth-order valence-electron chi connectivity index (χ4n) is 4.24. The number of carboxylic acid groups (broad SMARTS) is 2. The summed E-state index contributed by atoms with van der Waals surface area (Å²) < 4.78 is 86.1. The minimum Gasteiger partial charge on any atom is -0.496 e. The minimum atomic E-state index is -5.08. The molecular weight excluding hydrogens is 633 g/mol. The normalized spacial score (nSPS) is 14.7. The Bertz CT molecular complexity index is 1480. The van der Waals surface area contributed by atoms with Crippen LogP contribution in [0.1, 0.15) is 49.6 Å². The lowest BCUT2D eigenvalue weighted by Gasteiger charge is -2.43. The molecule has 1 aliphatic rings. The summed E-state index contributed by atoms with van der Waals surface area (Å²) in [6.45, 7) is 9.63. The van der Waals surface area contributed by atoms with Crippen molar-refractivity contribution in [3.8, 4) is 5.75 Å². The summed E-state index contributed by atoms with van der Waals surface area (Å²) in [5, 5.41) is 19.7. The van der Waals surface area contributed by atoms with Crippen LogP contribution in [0.2, 0.25) is 5.02 Å². The van der Waals surface area contributed by atoms with E-state index < -0.39 is 30.1 Å². The van der Waals surface area contributed by atoms with Crippen LogP contribution < -0.4 is 10.5 Å². The molecule has 4 rings (SSSR count). The second-order valence-corrected chi connectivity index (χ2v) is 10.1. The lowest BCUT2D eigenvalue weighted by atomic mass is 9.87. The van der Waals surface area contributed by atoms with Gasteiger partial charge >= 0.3 is 24.3 Å². The number of nitrogens with zero attached hydrogens (tertiary/aromatic N) is 5. The van der Waals surface area contributed by atoms with E-state index in [2.05, 4.69) is 33.8 Å². The van der Waals surface area contributed by atoms with Crippen LogP contribution in [0, 0.1) is 12.7 Å². The van der Waals surface area contributed by atoms with Gasteiger partial charge in [0.05, 0.1) is 29.3 Å². The smallest absolute Gasteiger partial charge is 0.490 e. The number of nitrogens with two attached hydrogens (primary N) is 1. The van der Waals surface area contributed by atoms with E-state index in [0.717, 1.165) is 24.3 Å². The largest absolute Gasteiger partial charge is 0.496 e. The number of likely N-dealkylation sites (tertiary alicyclic amines) is 1. The molecule has 11 nitrogen and oxygen atoms in total. The number of alkyl halides is 6. The van der Waals surface area contributed by atoms with Crippen LogP contribution in [0.4, 0.5) is 36.6 Å². The van der Waals surface area contributed by atoms with E-state index in [0.29, 0.717) is 34.2 Å². The van der Waals surface area contributed by atoms with Crippen LogP contribution in [0.15, 0.2) is 12.4 Å². The van der Waals surface area contributed by atoms with Gasteiger partial charge in [0.25, 0.3) is 0 Å². The number of aliphatic carboxylic acids is 2. The zero-order valence-electron chi connectivity index (χ0n) is 23.8. The summed E-state index contributed by atoms with van der Waals surface area (Å²) in [6.07, 6.45) is -8.75. The number of hydrogen-bond donors (Lipinski definition) is 3. The number of anilines is 1. The van der Waals surface area contributed by atoms with Gasteiger partial charge < -0.3 is 20.7 Å². The van der Waals surface area contributed by atoms with Gasteiger partial charge in [-0.25, -0.2) is 28.6 Å². The standard InChI is InChI=1S/C21H26ClFN6O.2C2HF3O2/c1-10(2)28-7-13(8-28)17-18(23)15(22)6-14(19(17)30-5)12(4)29-21-16(11(3)27-29)20(24)25-9-26-21;2*3-2(4,5)1(6)7/h6,9-10,12-13H,7-8H2,1-5H3,(H2,24,25,26);2*(H,6,7). The second-order valence-electron chi connectivity index (χ2n) is 9.72. The fraction of sp³-hybridized carbons (Fsp3) is 0.480. The summed E-state index contributed by atoms with van der Waals surface area (Å²) in [4.78, 5) is 28.5. The van der Waals surface area contributed by atoms with Gasteiger partial charge in [-0.3, -0.25) is 4.90 Å². The summed E-state index contributed by atoms with van der Waals surface area (Å²) in [6, 6.07) is 1.73. The summed E-state index contributed by atoms with van der Waals surface area (Å²) >= 11 is 6.33. The fourth-order valence-corrected chi connectivity index (χ4v) is 4.46. The van der Waals surface area contributed by atoms with Crippen LogP contribution in [0.5, 0.6) is 5.75 Å². The Labute approximate surface area is 250 Å². The van der Waals surface area contributed by atoms with E-state index in [1.165, 1.54) is 6.33 Å². The molecule has 1 fully saturated rings. The van der Waals surface area contributed by atoms with Gasteiger partial charge in [0.15, 0.2) is 5.65 Å². The summed E-state index contributed by atoms with van der Waals surface area (Å²) in [5.41, 5.74) is 8.67. The van der Waals surface area contributed by atoms with Gasteiger partial charge in [-0.1, -0.05) is 11.6 Å². The van der Waals surface area contributed by atoms with Crippen molar-refractivity contribution in [1.82, 2.24) is 24.6 Å². The predicted molar refractivity (Wildman–Crippen MR) is 143 cm³/mol. The van der Waals surface area contributed by atoms with Crippen LogP contribution in [-0.4, -0.2) is 85.4 Å². The molecule has 2 aromatic heterocycles. The molecule has 1 saturated heterocycles. The molecule has 44 heavy (non-hydrogen) atoms. The quantitative estimate of drug-likeness (QED) is 0.311. The number of methoxy groups -OCH3 is 1. The van der Waals surface area contributed by atoms with Crippen LogP contribution >= 0.6 is 11.6 Å². The number of benzene rings is 1. The first-order valence-electron chi connectivity index (χ1n) is 12.5. The molecule has 4 N–H and O–H groups in total. The van der Waals surface area contributed by atoms with Crippen LogP contribution in [-0.2, 0) is 9.59 Å². The van der Waals surface area contributed by atoms with Gasteiger partial charge in [-0.15, -0.1) is 0 Å². The number of carboxylic acids is 2. The highest BCUT2D eigenvalue weighted by Gasteiger charge is 2.39. The van der Waals surface area contributed by atoms with Gasteiger partial charge in [-0.05, 0) is 33.8 Å². The zero-order valence-corrected chi connectivity index (χ0v) is 24.5. The third kappa shape index (κ3) is 8.16. The first kappa shape index (κ1) is 36.3. The van der Waals surface area contributed by atoms with Crippen molar-refractivity contribution in [2.45, 2.75) is 58.0 Å². The first-order valence-corrected chi connectivity index (χ1v) is 12.9. The summed E-state index contributed by atoms with van der Waals surface area (Å²) in [7, 11) is 1.56. The number of aromatic nitrogens is 4. The molecule has 0 saturated carbocycles. The lowest BCUT2D eigenvalue weighted by molar-refractivity contribution is -0.193. The number of hydrogen-bond acceptors (Lipinski definition) is 8. The molecule has 1 atom stereocenters. The zero-order chi connectivity index (χ0) is 33.9. The van der Waals surface area contributed by atoms with E-state index in [1.54, 1.807) is 17.9 Å². The van der Waals surface area contributed by atoms with Crippen LogP contribution in [0.3, 0.4) is 0 Å². The lowest BCUT2D eigenvalue weighted by Crippen LogP contribution is -2.49. The van der Waals surface area contributed by atoms with E-state index in [9.17, 15) is 26.3 Å². The molecule has 1 aliphatic heterocycles. The molecule has 0 aliphatic carbocycles. The highest BCUT2D eigenvalue weighted by molar-refractivity contribution is 6.31. The Hall–Kier alpha value is -3.93. The number of fused-ring (bicyclic) bond motifs is 1. The molecule has 0 spiro atoms. The Balaban J connectivity index is 0.000000402. The first-order chi connectivity index (χ1) is 20.1. The molecule has 244 valence electrons. The molecule has 3 heterocycles. The van der Waals surface area contributed by atoms with E-state index in [-0.39, 0.29) is 17.0 Å². The van der Waals surface area contributed by atoms with Gasteiger partial charge in [0.1, 0.15) is 23.7 Å². The molecule has 1 unspecified atom stereocenters. The van der Waals surface area contributed by atoms with Gasteiger partial charge in [-0.2, -0.15) is 31.4 Å². The maximum absolute atomic E-state index is 15.1. The Kier molecular flexibility index (Phi) is 11.4. The van der Waals surface area contributed by atoms with Crippen molar-refractivity contribution in [1.29, 1.82) is 0 Å². The molecule has 19 heteroatoms. The average molecular weight is 661 g/mol. The van der Waals surface area contributed by atoms with Crippen molar-refractivity contribution in [3.63, 3.8) is 0 Å². The number of nitrogen functional groups attached to an aromatic ring is 1. The number of rotatable bonds is 5. The summed E-state index contributed by atoms with van der Waals surface area (Å²) in [5.74, 6) is -5.00. The topological polar surface area (TPSA) is 157 Å². The maximum Gasteiger partial charge on any atom is 0.490 e. The monoisotopic (exact) mass is 660 g/mol. The Morgan fingerprint density at radius 1 is 1.07 bits per heavy atom. The molecular formula is C25H28ClF7N6O5. The Morgan fingerprint density at radius 2 is 1.57 bits per heavy atom. The highest BCUT2D eigenvalue weighted by Crippen LogP contribution is 2.44. The van der Waals surface area contributed by atoms with Gasteiger partial charge in [0.2, 0.25) is 0 Å². The molecule has 3 aromatic rings. The van der Waals surface area contributed by atoms with Crippen molar-refractivity contribution in [3.05, 3.63) is 40.1 Å². The van der Waals surface area contributed by atoms with E-state index >= 15 is 4.39 Å². The molecule has 0 radical (unpaired) electrons. The third-order valence-corrected chi connectivity index (χ3v) is 6.76. The van der Waals surface area contributed by atoms with Gasteiger partial charge in [0, 0.05) is 36.2 Å². The van der Waals surface area contributed by atoms with Crippen LogP contribution in [0.25, 0.3) is 11.0 Å². The molecule has 0 bridgehead atoms. The Morgan fingerprint density at radius 3 is 2.00 bits per heavy atom. The van der Waals surface area contributed by atoms with Crippen molar-refractivity contribution in [2.75, 3.05) is 25.9 Å². The number of aryl methyl sites for hydroxylation is 1. The SMILES string of the molecule is COc1c(C(C)n2nc(C)c3c(N)ncnc32)cc(Cl)c(F)c1C1CN(C(C)C)C1.O=C(O)C(F)(F)F.O=C(O)C(F)(F)F. The van der Waals surface area contributed by atoms with E-state index in [1.807, 2.05) is 13.8 Å². The van der Waals surface area contributed by atoms with Crippen molar-refractivity contribution >= 4 is 40.4 Å². The van der Waals surface area contributed by atoms with E-state index in [4.69, 9.17) is 41.9 Å². The number of carbonyl (C=O) groups is 2. The maximum atomic E-state index is 15.1. The second kappa shape index (κ2) is 13.8. The molecule has 1 aromatic carbocycles. The number of ether oxygens (including phenoxy) is 1. The molecule has 0 amide bonds.